The van der Waals surface area contributed by atoms with E-state index in [0.717, 1.165) is 5.56 Å². The molecular weight excluding hydrogens is 372 g/mol. The Hall–Kier alpha value is -2.67. The minimum atomic E-state index is -0.325. The van der Waals surface area contributed by atoms with Gasteiger partial charge in [-0.2, -0.15) is 0 Å². The second-order valence-corrected chi connectivity index (χ2v) is 6.26. The quantitative estimate of drug-likeness (QED) is 0.585. The average molecular weight is 387 g/mol. The van der Waals surface area contributed by atoms with E-state index in [9.17, 15) is 4.79 Å². The summed E-state index contributed by atoms with van der Waals surface area (Å²) in [6.45, 7) is -0.154. The Balaban J connectivity index is 1.66. The first kappa shape index (κ1) is 18.1. The lowest BCUT2D eigenvalue weighted by molar-refractivity contribution is 0.0977. The van der Waals surface area contributed by atoms with Crippen LogP contribution in [-0.2, 0) is 6.61 Å². The van der Waals surface area contributed by atoms with Crippen LogP contribution in [0.5, 0.6) is 0 Å². The number of rotatable bonds is 4. The summed E-state index contributed by atoms with van der Waals surface area (Å²) >= 11 is 11.0. The van der Waals surface area contributed by atoms with Crippen LogP contribution in [-0.4, -0.2) is 16.1 Å². The molecule has 0 aliphatic heterocycles. The third kappa shape index (κ3) is 4.49. The number of nitrogens with one attached hydrogen (secondary N) is 2. The minimum absolute atomic E-state index is 0.154. The van der Waals surface area contributed by atoms with Gasteiger partial charge in [-0.15, -0.1) is 0 Å². The molecule has 7 heteroatoms. The summed E-state index contributed by atoms with van der Waals surface area (Å²) in [7, 11) is 0. The monoisotopic (exact) mass is 386 g/mol. The molecule has 0 saturated heterocycles. The third-order valence-electron chi connectivity index (χ3n) is 3.56. The van der Waals surface area contributed by atoms with Gasteiger partial charge in [-0.3, -0.25) is 10.1 Å². The molecule has 3 rings (SSSR count). The van der Waals surface area contributed by atoms with Gasteiger partial charge in [0.05, 0.1) is 0 Å². The fourth-order valence-electron chi connectivity index (χ4n) is 2.31. The van der Waals surface area contributed by atoms with Crippen molar-refractivity contribution in [2.75, 3.05) is 5.32 Å². The number of carbonyl (C=O) groups excluding carboxylic acids is 1. The summed E-state index contributed by atoms with van der Waals surface area (Å²) in [6.07, 6.45) is 0. The molecule has 0 unspecified atom stereocenters. The van der Waals surface area contributed by atoms with Crippen molar-refractivity contribution in [2.45, 2.75) is 6.61 Å². The van der Waals surface area contributed by atoms with Crippen molar-refractivity contribution in [3.05, 3.63) is 77.0 Å². The number of amides is 1. The normalized spacial score (nSPS) is 10.4. The number of aliphatic hydroxyl groups is 1. The van der Waals surface area contributed by atoms with Crippen molar-refractivity contribution >= 4 is 40.5 Å². The number of carbonyl (C=O) groups is 1. The van der Waals surface area contributed by atoms with Gasteiger partial charge in [-0.1, -0.05) is 23.7 Å². The lowest BCUT2D eigenvalue weighted by Crippen LogP contribution is -2.34. The van der Waals surface area contributed by atoms with Crippen LogP contribution in [0.3, 0.4) is 0 Å². The summed E-state index contributed by atoms with van der Waals surface area (Å²) in [5.74, 6) is 0.798. The highest BCUT2D eigenvalue weighted by Crippen LogP contribution is 2.25. The third-order valence-corrected chi connectivity index (χ3v) is 4.01. The molecule has 5 nitrogen and oxygen atoms in total. The number of furan rings is 1. The average Bonchev–Trinajstić information content (AvgIpc) is 3.11. The predicted octanol–water partition coefficient (Wildman–Crippen LogP) is 4.22. The van der Waals surface area contributed by atoms with Gasteiger partial charge in [0.15, 0.2) is 5.11 Å². The van der Waals surface area contributed by atoms with E-state index in [4.69, 9.17) is 33.3 Å². The van der Waals surface area contributed by atoms with Gasteiger partial charge in [0.25, 0.3) is 5.91 Å². The van der Waals surface area contributed by atoms with E-state index in [1.165, 1.54) is 0 Å². The van der Waals surface area contributed by atoms with E-state index < -0.39 is 0 Å². The maximum Gasteiger partial charge on any atom is 0.257 e. The molecule has 0 radical (unpaired) electrons. The smallest absolute Gasteiger partial charge is 0.257 e. The Bertz CT molecular complexity index is 938. The number of aliphatic hydroxyl groups excluding tert-OH is 1. The molecule has 1 amide bonds. The zero-order chi connectivity index (χ0) is 18.5. The van der Waals surface area contributed by atoms with Gasteiger partial charge in [0, 0.05) is 21.8 Å². The van der Waals surface area contributed by atoms with E-state index in [-0.39, 0.29) is 17.6 Å². The molecule has 0 saturated carbocycles. The molecule has 132 valence electrons. The second-order valence-electron chi connectivity index (χ2n) is 5.42. The molecule has 0 aliphatic carbocycles. The van der Waals surface area contributed by atoms with Crippen LogP contribution in [0.1, 0.15) is 16.1 Å². The van der Waals surface area contributed by atoms with Gasteiger partial charge in [-0.05, 0) is 60.7 Å². The first-order valence-corrected chi connectivity index (χ1v) is 8.51. The fourth-order valence-corrected chi connectivity index (χ4v) is 2.64. The highest BCUT2D eigenvalue weighted by atomic mass is 35.5. The van der Waals surface area contributed by atoms with Gasteiger partial charge in [0.1, 0.15) is 18.1 Å². The number of benzene rings is 2. The molecule has 0 atom stereocenters. The standard InChI is InChI=1S/C19H15ClN2O3S/c20-14-6-4-12(5-7-14)18(24)22-19(26)21-15-3-1-2-13(10-15)17-9-8-16(11-23)25-17/h1-10,23H,11H2,(H2,21,22,24,26). The zero-order valence-electron chi connectivity index (χ0n) is 13.5. The Labute approximate surface area is 160 Å². The number of hydrogen-bond acceptors (Lipinski definition) is 4. The lowest BCUT2D eigenvalue weighted by atomic mass is 10.1. The molecule has 3 aromatic rings. The molecule has 3 N–H and O–H groups in total. The van der Waals surface area contributed by atoms with Crippen LogP contribution in [0.15, 0.2) is 65.1 Å². The molecule has 0 fully saturated rings. The first-order chi connectivity index (χ1) is 12.5. The van der Waals surface area contributed by atoms with Crippen molar-refractivity contribution in [1.29, 1.82) is 0 Å². The number of anilines is 1. The van der Waals surface area contributed by atoms with Crippen LogP contribution < -0.4 is 10.6 Å². The minimum Gasteiger partial charge on any atom is -0.459 e. The molecular formula is C19H15ClN2O3S. The number of halogens is 1. The number of hydrogen-bond donors (Lipinski definition) is 3. The Morgan fingerprint density at radius 1 is 1.12 bits per heavy atom. The van der Waals surface area contributed by atoms with E-state index in [2.05, 4.69) is 10.6 Å². The Kier molecular flexibility index (Phi) is 5.68. The summed E-state index contributed by atoms with van der Waals surface area (Å²) in [5, 5.41) is 15.4. The van der Waals surface area contributed by atoms with Crippen LogP contribution in [0.25, 0.3) is 11.3 Å². The molecule has 26 heavy (non-hydrogen) atoms. The van der Waals surface area contributed by atoms with E-state index in [1.807, 2.05) is 24.3 Å². The van der Waals surface area contributed by atoms with E-state index in [1.54, 1.807) is 36.4 Å². The summed E-state index contributed by atoms with van der Waals surface area (Å²) in [6, 6.07) is 17.4. The molecule has 0 bridgehead atoms. The molecule has 2 aromatic carbocycles. The van der Waals surface area contributed by atoms with Crippen molar-refractivity contribution in [3.63, 3.8) is 0 Å². The van der Waals surface area contributed by atoms with Gasteiger partial charge in [-0.25, -0.2) is 0 Å². The molecule has 1 heterocycles. The summed E-state index contributed by atoms with van der Waals surface area (Å²) < 4.78 is 5.52. The summed E-state index contributed by atoms with van der Waals surface area (Å²) in [4.78, 5) is 12.2. The molecule has 0 spiro atoms. The van der Waals surface area contributed by atoms with Crippen LogP contribution in [0.4, 0.5) is 5.69 Å². The largest absolute Gasteiger partial charge is 0.459 e. The van der Waals surface area contributed by atoms with Crippen molar-refractivity contribution in [3.8, 4) is 11.3 Å². The van der Waals surface area contributed by atoms with Gasteiger partial charge in [0.2, 0.25) is 0 Å². The Morgan fingerprint density at radius 2 is 1.88 bits per heavy atom. The highest BCUT2D eigenvalue weighted by Gasteiger charge is 2.09. The van der Waals surface area contributed by atoms with Crippen molar-refractivity contribution < 1.29 is 14.3 Å². The van der Waals surface area contributed by atoms with E-state index in [0.29, 0.717) is 27.8 Å². The first-order valence-electron chi connectivity index (χ1n) is 7.73. The SMILES string of the molecule is O=C(NC(=S)Nc1cccc(-c2ccc(CO)o2)c1)c1ccc(Cl)cc1. The predicted molar refractivity (Wildman–Crippen MR) is 105 cm³/mol. The fraction of sp³-hybridized carbons (Fsp3) is 0.0526. The lowest BCUT2D eigenvalue weighted by Gasteiger charge is -2.10. The zero-order valence-corrected chi connectivity index (χ0v) is 15.1. The van der Waals surface area contributed by atoms with E-state index >= 15 is 0 Å². The second kappa shape index (κ2) is 8.14. The van der Waals surface area contributed by atoms with Crippen LogP contribution in [0.2, 0.25) is 5.02 Å². The topological polar surface area (TPSA) is 74.5 Å². The maximum absolute atomic E-state index is 12.2. The molecule has 0 aliphatic rings. The summed E-state index contributed by atoms with van der Waals surface area (Å²) in [5.41, 5.74) is 1.98. The van der Waals surface area contributed by atoms with Crippen molar-refractivity contribution in [1.82, 2.24) is 5.32 Å². The maximum atomic E-state index is 12.2. The van der Waals surface area contributed by atoms with Gasteiger partial charge < -0.3 is 14.8 Å². The van der Waals surface area contributed by atoms with Crippen LogP contribution in [0, 0.1) is 0 Å². The number of thiocarbonyl (C=S) groups is 1. The van der Waals surface area contributed by atoms with Gasteiger partial charge >= 0.3 is 0 Å². The van der Waals surface area contributed by atoms with Crippen LogP contribution >= 0.6 is 23.8 Å². The highest BCUT2D eigenvalue weighted by molar-refractivity contribution is 7.80. The molecule has 1 aromatic heterocycles. The Morgan fingerprint density at radius 3 is 2.58 bits per heavy atom. The van der Waals surface area contributed by atoms with Crippen molar-refractivity contribution in [2.24, 2.45) is 0 Å².